The van der Waals surface area contributed by atoms with Gasteiger partial charge in [-0.25, -0.2) is 0 Å². The Morgan fingerprint density at radius 1 is 1.35 bits per heavy atom. The van der Waals surface area contributed by atoms with Crippen LogP contribution in [-0.4, -0.2) is 11.7 Å². The molecule has 1 unspecified atom stereocenters. The second kappa shape index (κ2) is 6.50. The van der Waals surface area contributed by atoms with Crippen molar-refractivity contribution in [2.24, 2.45) is 0 Å². The van der Waals surface area contributed by atoms with E-state index in [1.807, 2.05) is 0 Å². The quantitative estimate of drug-likeness (QED) is 0.316. The molecular formula is C8H8NNa2O5P. The van der Waals surface area contributed by atoms with Crippen molar-refractivity contribution in [3.63, 3.8) is 0 Å². The standard InChI is InChI=1S/C8H10NO5P.2Na/c10-8(14-15(11,12)13)5-9-7-4-2-1-3-6(7)8;;/h1-4,9-10H,5H2,(H2,11,12,13);;/q;2*+1/p-2. The largest absolute Gasteiger partial charge is 1.00 e. The first-order chi connectivity index (χ1) is 6.91. The van der Waals surface area contributed by atoms with Crippen LogP contribution in [0.3, 0.4) is 0 Å². The summed E-state index contributed by atoms with van der Waals surface area (Å²) < 4.78 is 14.6. The molecule has 9 heteroatoms. The molecule has 2 rings (SSSR count). The summed E-state index contributed by atoms with van der Waals surface area (Å²) in [5.41, 5.74) is 0.797. The number of fused-ring (bicyclic) bond motifs is 1. The molecule has 0 aromatic heterocycles. The van der Waals surface area contributed by atoms with Gasteiger partial charge in [-0.3, -0.25) is 0 Å². The maximum Gasteiger partial charge on any atom is 1.00 e. The Morgan fingerprint density at radius 2 is 1.94 bits per heavy atom. The number of rotatable bonds is 2. The number of phosphoric acid groups is 1. The van der Waals surface area contributed by atoms with E-state index >= 15 is 0 Å². The summed E-state index contributed by atoms with van der Waals surface area (Å²) in [6.07, 6.45) is 0. The average molecular weight is 275 g/mol. The molecule has 0 fully saturated rings. The van der Waals surface area contributed by atoms with Crippen molar-refractivity contribution in [3.05, 3.63) is 29.8 Å². The van der Waals surface area contributed by atoms with Gasteiger partial charge < -0.3 is 29.3 Å². The Morgan fingerprint density at radius 3 is 2.53 bits per heavy atom. The zero-order valence-electron chi connectivity index (χ0n) is 9.54. The molecule has 2 N–H and O–H groups in total. The maximum absolute atomic E-state index is 10.5. The van der Waals surface area contributed by atoms with Crippen LogP contribution in [0.4, 0.5) is 5.69 Å². The van der Waals surface area contributed by atoms with Crippen LogP contribution in [0, 0.1) is 0 Å². The number of hydrogen-bond donors (Lipinski definition) is 2. The van der Waals surface area contributed by atoms with Gasteiger partial charge >= 0.3 is 59.1 Å². The number of hydrogen-bond acceptors (Lipinski definition) is 6. The predicted octanol–water partition coefficient (Wildman–Crippen LogP) is -6.89. The summed E-state index contributed by atoms with van der Waals surface area (Å²) in [6, 6.07) is 6.47. The Hall–Kier alpha value is 1.09. The molecule has 0 saturated carbocycles. The van der Waals surface area contributed by atoms with E-state index in [0.717, 1.165) is 0 Å². The first-order valence-corrected chi connectivity index (χ1v) is 5.65. The van der Waals surface area contributed by atoms with Crippen molar-refractivity contribution < 1.29 is 83.1 Å². The number of benzene rings is 1. The third kappa shape index (κ3) is 4.30. The molecule has 1 heterocycles. The van der Waals surface area contributed by atoms with E-state index in [1.54, 1.807) is 18.2 Å². The topological polar surface area (TPSA) is 105 Å². The molecule has 1 aliphatic rings. The molecule has 6 nitrogen and oxygen atoms in total. The summed E-state index contributed by atoms with van der Waals surface area (Å²) in [4.78, 5) is 20.9. The van der Waals surface area contributed by atoms with Crippen LogP contribution < -0.4 is 74.2 Å². The van der Waals surface area contributed by atoms with Gasteiger partial charge in [-0.05, 0) is 6.07 Å². The molecule has 0 spiro atoms. The number of phosphoric ester groups is 1. The predicted molar refractivity (Wildman–Crippen MR) is 47.5 cm³/mol. The van der Waals surface area contributed by atoms with E-state index in [4.69, 9.17) is 0 Å². The van der Waals surface area contributed by atoms with Crippen LogP contribution in [0.2, 0.25) is 0 Å². The maximum atomic E-state index is 10.5. The van der Waals surface area contributed by atoms with Gasteiger partial charge in [0.15, 0.2) is 0 Å². The van der Waals surface area contributed by atoms with E-state index in [2.05, 4.69) is 9.84 Å². The average Bonchev–Trinajstić information content (AvgIpc) is 2.42. The van der Waals surface area contributed by atoms with Crippen LogP contribution in [0.1, 0.15) is 5.56 Å². The van der Waals surface area contributed by atoms with Crippen LogP contribution in [0.5, 0.6) is 0 Å². The SMILES string of the molecule is O=P([O-])([O-])OC1(O)CNc2ccccc21.[Na+].[Na+]. The van der Waals surface area contributed by atoms with Gasteiger partial charge in [-0.15, -0.1) is 0 Å². The van der Waals surface area contributed by atoms with Crippen molar-refractivity contribution in [1.29, 1.82) is 0 Å². The molecule has 17 heavy (non-hydrogen) atoms. The third-order valence-electron chi connectivity index (χ3n) is 2.13. The first-order valence-electron chi connectivity index (χ1n) is 4.19. The fraction of sp³-hybridized carbons (Fsp3) is 0.250. The Kier molecular flexibility index (Phi) is 6.92. The second-order valence-electron chi connectivity index (χ2n) is 3.22. The fourth-order valence-corrected chi connectivity index (χ4v) is 2.09. The van der Waals surface area contributed by atoms with E-state index in [0.29, 0.717) is 5.69 Å². The van der Waals surface area contributed by atoms with E-state index < -0.39 is 13.6 Å². The van der Waals surface area contributed by atoms with Crippen molar-refractivity contribution in [1.82, 2.24) is 0 Å². The number of para-hydroxylation sites is 1. The fourth-order valence-electron chi connectivity index (χ4n) is 1.55. The molecule has 1 aromatic rings. The molecule has 0 saturated heterocycles. The zero-order chi connectivity index (χ0) is 11.1. The van der Waals surface area contributed by atoms with E-state index in [1.165, 1.54) is 6.07 Å². The summed E-state index contributed by atoms with van der Waals surface area (Å²) in [6.45, 7) is -0.166. The Balaban J connectivity index is 0.00000128. The molecule has 82 valence electrons. The van der Waals surface area contributed by atoms with Gasteiger partial charge in [-0.2, -0.15) is 0 Å². The van der Waals surface area contributed by atoms with Crippen LogP contribution in [-0.2, 0) is 14.9 Å². The molecule has 0 amide bonds. The number of anilines is 1. The normalized spacial score (nSPS) is 21.8. The minimum absolute atomic E-state index is 0. The van der Waals surface area contributed by atoms with Crippen LogP contribution >= 0.6 is 7.82 Å². The van der Waals surface area contributed by atoms with Gasteiger partial charge in [0.05, 0.1) is 14.4 Å². The van der Waals surface area contributed by atoms with Gasteiger partial charge in [0.25, 0.3) is 0 Å². The summed E-state index contributed by atoms with van der Waals surface area (Å²) in [5.74, 6) is -2.09. The Bertz CT molecular complexity index is 440. The van der Waals surface area contributed by atoms with Crippen LogP contribution in [0.25, 0.3) is 0 Å². The van der Waals surface area contributed by atoms with E-state index in [-0.39, 0.29) is 71.2 Å². The molecule has 1 aromatic carbocycles. The molecular weight excluding hydrogens is 267 g/mol. The monoisotopic (exact) mass is 275 g/mol. The third-order valence-corrected chi connectivity index (χ3v) is 2.65. The molecule has 0 radical (unpaired) electrons. The van der Waals surface area contributed by atoms with Gasteiger partial charge in [0, 0.05) is 11.3 Å². The molecule has 0 aliphatic carbocycles. The van der Waals surface area contributed by atoms with Crippen molar-refractivity contribution in [2.45, 2.75) is 5.79 Å². The Labute approximate surface area is 143 Å². The van der Waals surface area contributed by atoms with Crippen molar-refractivity contribution in [2.75, 3.05) is 11.9 Å². The first kappa shape index (κ1) is 18.1. The van der Waals surface area contributed by atoms with Crippen molar-refractivity contribution in [3.8, 4) is 0 Å². The summed E-state index contributed by atoms with van der Waals surface area (Å²) in [7, 11) is -5.23. The van der Waals surface area contributed by atoms with Crippen molar-refractivity contribution >= 4 is 13.5 Å². The molecule has 1 aliphatic heterocycles. The summed E-state index contributed by atoms with van der Waals surface area (Å²) >= 11 is 0. The number of nitrogens with one attached hydrogen (secondary N) is 1. The van der Waals surface area contributed by atoms with Gasteiger partial charge in [0.1, 0.15) is 0 Å². The smallest absolute Gasteiger partial charge is 0.790 e. The number of aliphatic hydroxyl groups is 1. The summed E-state index contributed by atoms with van der Waals surface area (Å²) in [5, 5.41) is 12.6. The molecule has 1 atom stereocenters. The van der Waals surface area contributed by atoms with Gasteiger partial charge in [-0.1, -0.05) is 18.2 Å². The van der Waals surface area contributed by atoms with Crippen LogP contribution in [0.15, 0.2) is 24.3 Å². The van der Waals surface area contributed by atoms with Gasteiger partial charge in [0.2, 0.25) is 5.79 Å². The van der Waals surface area contributed by atoms with E-state index in [9.17, 15) is 19.5 Å². The molecule has 0 bridgehead atoms. The minimum Gasteiger partial charge on any atom is -0.790 e. The second-order valence-corrected chi connectivity index (χ2v) is 4.30. The minimum atomic E-state index is -5.23. The zero-order valence-corrected chi connectivity index (χ0v) is 14.4. The number of β-amino-alcohol motifs (C(OH)–C–C–N with tert-alkyl or cyclic N) is 1.